The molecule has 4 heterocycles. The molecule has 12 nitrogen and oxygen atoms in total. The van der Waals surface area contributed by atoms with Crippen LogP contribution < -0.4 is 10.6 Å². The Bertz CT molecular complexity index is 2210. The van der Waals surface area contributed by atoms with E-state index in [2.05, 4.69) is 25.4 Å². The molecular formula is C42H47Cl2N7O5. The van der Waals surface area contributed by atoms with Crippen LogP contribution in [0.5, 0.6) is 0 Å². The molecule has 0 spiro atoms. The van der Waals surface area contributed by atoms with Crippen LogP contribution in [0.2, 0.25) is 10.0 Å². The van der Waals surface area contributed by atoms with E-state index in [0.717, 1.165) is 93.5 Å². The summed E-state index contributed by atoms with van der Waals surface area (Å²) in [6, 6.07) is 12.4. The summed E-state index contributed by atoms with van der Waals surface area (Å²) in [6.45, 7) is 6.21. The number of fused-ring (bicyclic) bond motifs is 4. The number of carboxylic acids is 1. The van der Waals surface area contributed by atoms with E-state index in [0.29, 0.717) is 58.0 Å². The van der Waals surface area contributed by atoms with Crippen LogP contribution in [-0.2, 0) is 37.8 Å². The van der Waals surface area contributed by atoms with Crippen LogP contribution in [0, 0.1) is 10.8 Å². The molecule has 2 aliphatic carbocycles. The van der Waals surface area contributed by atoms with Crippen molar-refractivity contribution in [1.29, 1.82) is 0 Å². The minimum atomic E-state index is -0.631. The fourth-order valence-electron chi connectivity index (χ4n) is 9.52. The number of carboxylic acid groups (broad SMARTS) is 1. The zero-order chi connectivity index (χ0) is 39.4. The minimum Gasteiger partial charge on any atom is -0.481 e. The van der Waals surface area contributed by atoms with E-state index in [1.807, 2.05) is 23.7 Å². The molecule has 2 aliphatic heterocycles. The second-order valence-electron chi connectivity index (χ2n) is 16.3. The number of carbonyl (C=O) groups excluding carboxylic acids is 2. The van der Waals surface area contributed by atoms with E-state index in [4.69, 9.17) is 28.2 Å². The molecule has 2 aromatic carbocycles. The molecule has 2 amide bonds. The number of halogens is 2. The molecule has 4 N–H and O–H groups in total. The quantitative estimate of drug-likeness (QED) is 0.128. The number of hydrogen-bond acceptors (Lipinski definition) is 8. The molecule has 56 heavy (non-hydrogen) atoms. The van der Waals surface area contributed by atoms with Crippen molar-refractivity contribution in [2.45, 2.75) is 77.5 Å². The van der Waals surface area contributed by atoms with Gasteiger partial charge in [0.2, 0.25) is 0 Å². The van der Waals surface area contributed by atoms with Crippen molar-refractivity contribution in [2.24, 2.45) is 17.9 Å². The highest BCUT2D eigenvalue weighted by molar-refractivity contribution is 6.40. The first-order valence-corrected chi connectivity index (χ1v) is 20.2. The molecular weight excluding hydrogens is 753 g/mol. The number of nitrogens with one attached hydrogen (secondary N) is 2. The SMILES string of the molecule is CC(O)CN1CCc2cc(C(=O)Nc3cccc(-c4cccc(NC(=O)c5nc6c(n5C)CCN(CCC57CCC(C(=O)O)(CC5)C7)C6)c4Cl)c3Cl)ncc2C1. The molecule has 4 aromatic rings. The summed E-state index contributed by atoms with van der Waals surface area (Å²) in [4.78, 5) is 52.8. The molecule has 14 heteroatoms. The van der Waals surface area contributed by atoms with Gasteiger partial charge in [-0.3, -0.25) is 29.2 Å². The lowest BCUT2D eigenvalue weighted by molar-refractivity contribution is -0.148. The van der Waals surface area contributed by atoms with E-state index < -0.39 is 17.5 Å². The number of β-amino-alcohol motifs (C(OH)–C–C–N with tert-alkyl or cyclic N) is 1. The fraction of sp³-hybridized carbons (Fsp3) is 0.452. The standard InChI is InChI=1S/C42H47Cl2N7O5/c1-25(52)21-51-16-9-26-19-32(45-20-27(26)22-51)38(53)47-30-7-3-5-28(35(30)43)29-6-4-8-31(36(29)44)48-39(54)37-46-33-23-50(17-10-34(33)49(37)2)18-15-41-11-13-42(24-41,14-12-41)40(55)56/h3-8,19-20,25,52H,9-18,21-24H2,1-2H3,(H,47,53)(H,48,54)(H,55,56). The van der Waals surface area contributed by atoms with Gasteiger partial charge in [0.25, 0.3) is 11.8 Å². The maximum absolute atomic E-state index is 13.7. The van der Waals surface area contributed by atoms with E-state index in [1.165, 1.54) is 0 Å². The van der Waals surface area contributed by atoms with Crippen LogP contribution in [0.3, 0.4) is 0 Å². The first kappa shape index (κ1) is 38.5. The number of aliphatic hydroxyl groups excluding tert-OH is 1. The minimum absolute atomic E-state index is 0.130. The molecule has 4 aliphatic rings. The van der Waals surface area contributed by atoms with E-state index in [-0.39, 0.29) is 22.9 Å². The number of aromatic nitrogens is 3. The first-order chi connectivity index (χ1) is 26.8. The van der Waals surface area contributed by atoms with Crippen LogP contribution in [0.4, 0.5) is 11.4 Å². The Kier molecular flexibility index (Phi) is 10.5. The highest BCUT2D eigenvalue weighted by Crippen LogP contribution is 2.63. The third-order valence-electron chi connectivity index (χ3n) is 12.6. The van der Waals surface area contributed by atoms with Crippen molar-refractivity contribution in [1.82, 2.24) is 24.3 Å². The molecule has 294 valence electrons. The van der Waals surface area contributed by atoms with Crippen LogP contribution in [0.1, 0.15) is 89.1 Å². The maximum Gasteiger partial charge on any atom is 0.309 e. The van der Waals surface area contributed by atoms with Crippen molar-refractivity contribution in [3.05, 3.63) is 92.7 Å². The van der Waals surface area contributed by atoms with E-state index in [1.54, 1.807) is 43.5 Å². The number of nitrogens with zero attached hydrogens (tertiary/aromatic N) is 5. The fourth-order valence-corrected chi connectivity index (χ4v) is 10.1. The van der Waals surface area contributed by atoms with Crippen molar-refractivity contribution >= 4 is 52.4 Å². The number of amides is 2. The number of imidazole rings is 1. The first-order valence-electron chi connectivity index (χ1n) is 19.4. The topological polar surface area (TPSA) is 153 Å². The number of aliphatic hydroxyl groups is 1. The number of pyridine rings is 1. The number of rotatable bonds is 11. The number of carbonyl (C=O) groups is 3. The average molecular weight is 801 g/mol. The van der Waals surface area contributed by atoms with Crippen LogP contribution in [0.15, 0.2) is 48.7 Å². The maximum atomic E-state index is 13.7. The summed E-state index contributed by atoms with van der Waals surface area (Å²) in [6.07, 6.45) is 8.18. The zero-order valence-corrected chi connectivity index (χ0v) is 33.2. The second-order valence-corrected chi connectivity index (χ2v) is 17.1. The molecule has 8 rings (SSSR count). The normalized spacial score (nSPS) is 22.4. The molecule has 2 aromatic heterocycles. The summed E-state index contributed by atoms with van der Waals surface area (Å²) in [5.41, 5.74) is 5.88. The lowest BCUT2D eigenvalue weighted by Gasteiger charge is -2.32. The molecule has 1 atom stereocenters. The Morgan fingerprint density at radius 1 is 0.893 bits per heavy atom. The third-order valence-corrected chi connectivity index (χ3v) is 13.5. The molecule has 2 saturated carbocycles. The molecule has 0 radical (unpaired) electrons. The Balaban J connectivity index is 0.927. The summed E-state index contributed by atoms with van der Waals surface area (Å²) in [5.74, 6) is -1.10. The van der Waals surface area contributed by atoms with Gasteiger partial charge in [-0.25, -0.2) is 4.98 Å². The van der Waals surface area contributed by atoms with Gasteiger partial charge in [-0.1, -0.05) is 47.5 Å². The van der Waals surface area contributed by atoms with Gasteiger partial charge < -0.3 is 25.4 Å². The van der Waals surface area contributed by atoms with Crippen molar-refractivity contribution in [3.8, 4) is 11.1 Å². The number of hydrogen-bond donors (Lipinski definition) is 4. The lowest BCUT2D eigenvalue weighted by Crippen LogP contribution is -2.35. The summed E-state index contributed by atoms with van der Waals surface area (Å²) < 4.78 is 1.86. The number of benzene rings is 2. The van der Waals surface area contributed by atoms with Crippen molar-refractivity contribution < 1.29 is 24.6 Å². The zero-order valence-electron chi connectivity index (χ0n) is 31.7. The molecule has 0 saturated heterocycles. The smallest absolute Gasteiger partial charge is 0.309 e. The van der Waals surface area contributed by atoms with Gasteiger partial charge in [-0.15, -0.1) is 0 Å². The predicted octanol–water partition coefficient (Wildman–Crippen LogP) is 6.82. The Morgan fingerprint density at radius 2 is 1.55 bits per heavy atom. The predicted molar refractivity (Wildman–Crippen MR) is 215 cm³/mol. The van der Waals surface area contributed by atoms with Gasteiger partial charge in [0.1, 0.15) is 5.69 Å². The average Bonchev–Trinajstić information content (AvgIpc) is 3.86. The van der Waals surface area contributed by atoms with Gasteiger partial charge in [0.05, 0.1) is 38.6 Å². The van der Waals surface area contributed by atoms with Crippen LogP contribution in [0.25, 0.3) is 11.1 Å². The highest BCUT2D eigenvalue weighted by Gasteiger charge is 2.57. The lowest BCUT2D eigenvalue weighted by atomic mass is 9.80. The summed E-state index contributed by atoms with van der Waals surface area (Å²) in [7, 11) is 1.86. The summed E-state index contributed by atoms with van der Waals surface area (Å²) >= 11 is 13.9. The van der Waals surface area contributed by atoms with Gasteiger partial charge in [0, 0.05) is 69.2 Å². The van der Waals surface area contributed by atoms with Crippen molar-refractivity contribution in [2.75, 3.05) is 36.8 Å². The van der Waals surface area contributed by atoms with Gasteiger partial charge in [-0.2, -0.15) is 0 Å². The van der Waals surface area contributed by atoms with Gasteiger partial charge in [-0.05, 0) is 93.2 Å². The number of anilines is 2. The monoisotopic (exact) mass is 799 g/mol. The van der Waals surface area contributed by atoms with Crippen LogP contribution in [-0.4, -0.2) is 84.6 Å². The largest absolute Gasteiger partial charge is 0.481 e. The third kappa shape index (κ3) is 7.33. The Labute approximate surface area is 336 Å². The number of aliphatic carboxylic acids is 1. The molecule has 2 bridgehead atoms. The van der Waals surface area contributed by atoms with E-state index >= 15 is 0 Å². The molecule has 2 fully saturated rings. The second kappa shape index (κ2) is 15.2. The van der Waals surface area contributed by atoms with Gasteiger partial charge >= 0.3 is 5.97 Å². The Morgan fingerprint density at radius 3 is 2.20 bits per heavy atom. The highest BCUT2D eigenvalue weighted by atomic mass is 35.5. The van der Waals surface area contributed by atoms with Crippen LogP contribution >= 0.6 is 23.2 Å². The Hall–Kier alpha value is -4.33. The molecule has 1 unspecified atom stereocenters. The van der Waals surface area contributed by atoms with Gasteiger partial charge in [0.15, 0.2) is 5.82 Å². The van der Waals surface area contributed by atoms with E-state index in [9.17, 15) is 24.6 Å². The summed E-state index contributed by atoms with van der Waals surface area (Å²) in [5, 5.41) is 26.0. The van der Waals surface area contributed by atoms with Crippen molar-refractivity contribution in [3.63, 3.8) is 0 Å².